The van der Waals surface area contributed by atoms with E-state index in [9.17, 15) is 4.79 Å². The number of amides is 1. The van der Waals surface area contributed by atoms with Crippen LogP contribution >= 0.6 is 11.6 Å². The summed E-state index contributed by atoms with van der Waals surface area (Å²) in [5.41, 5.74) is 7.63. The number of halogens is 1. The molecule has 4 rings (SSSR count). The van der Waals surface area contributed by atoms with Gasteiger partial charge in [-0.2, -0.15) is 15.0 Å². The molecule has 12 heteroatoms. The first-order chi connectivity index (χ1) is 20.6. The van der Waals surface area contributed by atoms with Gasteiger partial charge in [0.15, 0.2) is 0 Å². The molecule has 0 saturated heterocycles. The van der Waals surface area contributed by atoms with Gasteiger partial charge in [0.25, 0.3) is 5.91 Å². The maximum Gasteiger partial charge on any atom is 0.251 e. The van der Waals surface area contributed by atoms with Crippen LogP contribution in [-0.4, -0.2) is 66.9 Å². The van der Waals surface area contributed by atoms with Crippen LogP contribution in [0.25, 0.3) is 0 Å². The van der Waals surface area contributed by atoms with Gasteiger partial charge in [0, 0.05) is 42.5 Å². The molecule has 1 fully saturated rings. The van der Waals surface area contributed by atoms with Gasteiger partial charge in [0.1, 0.15) is 0 Å². The monoisotopic (exact) mass is 596 g/mol. The van der Waals surface area contributed by atoms with Gasteiger partial charge in [-0.25, -0.2) is 0 Å². The van der Waals surface area contributed by atoms with Gasteiger partial charge in [-0.05, 0) is 54.7 Å². The lowest BCUT2D eigenvalue weighted by molar-refractivity contribution is 0.0511. The number of aromatic nitrogens is 3. The molecule has 1 aliphatic carbocycles. The molecule has 0 radical (unpaired) electrons. The highest BCUT2D eigenvalue weighted by molar-refractivity contribution is 6.30. The number of nitrogens with one attached hydrogen (secondary N) is 4. The molecule has 1 aliphatic rings. The normalized spacial score (nSPS) is 13.5. The largest absolute Gasteiger partial charge is 0.378 e. The molecular weight excluding hydrogens is 556 g/mol. The average molecular weight is 597 g/mol. The van der Waals surface area contributed by atoms with Gasteiger partial charge in [-0.15, -0.1) is 0 Å². The van der Waals surface area contributed by atoms with Crippen LogP contribution in [0.4, 0.5) is 23.5 Å². The highest BCUT2D eigenvalue weighted by Crippen LogP contribution is 2.24. The molecule has 0 bridgehead atoms. The average Bonchev–Trinajstić information content (AvgIpc) is 3.01. The lowest BCUT2D eigenvalue weighted by atomic mass is 9.89. The smallest absolute Gasteiger partial charge is 0.251 e. The van der Waals surface area contributed by atoms with E-state index in [4.69, 9.17) is 26.8 Å². The van der Waals surface area contributed by atoms with Crippen LogP contribution in [-0.2, 0) is 16.0 Å². The van der Waals surface area contributed by atoms with E-state index in [0.29, 0.717) is 86.1 Å². The van der Waals surface area contributed by atoms with Gasteiger partial charge >= 0.3 is 0 Å². The van der Waals surface area contributed by atoms with Crippen molar-refractivity contribution in [1.82, 2.24) is 20.3 Å². The van der Waals surface area contributed by atoms with Crippen molar-refractivity contribution in [2.24, 2.45) is 11.7 Å². The van der Waals surface area contributed by atoms with Gasteiger partial charge < -0.3 is 36.5 Å². The first-order valence-corrected chi connectivity index (χ1v) is 15.0. The SMILES string of the molecule is NCCOCCOCCNC(=O)c1cccc(Nc2nc(NCc3ccc(Cl)cc3)nc(NCC3CCCCC3)n2)c1. The predicted octanol–water partition coefficient (Wildman–Crippen LogP) is 4.59. The molecule has 0 atom stereocenters. The Bertz CT molecular complexity index is 1240. The van der Waals surface area contributed by atoms with Crippen molar-refractivity contribution in [3.05, 3.63) is 64.7 Å². The summed E-state index contributed by atoms with van der Waals surface area (Å²) in [7, 11) is 0. The van der Waals surface area contributed by atoms with Crippen LogP contribution in [0.2, 0.25) is 5.02 Å². The fraction of sp³-hybridized carbons (Fsp3) is 0.467. The van der Waals surface area contributed by atoms with E-state index < -0.39 is 0 Å². The van der Waals surface area contributed by atoms with E-state index in [1.807, 2.05) is 36.4 Å². The third-order valence-electron chi connectivity index (χ3n) is 6.82. The number of carbonyl (C=O) groups is 1. The minimum atomic E-state index is -0.197. The lowest BCUT2D eigenvalue weighted by Gasteiger charge is -2.21. The quantitative estimate of drug-likeness (QED) is 0.140. The number of nitrogens with zero attached hydrogens (tertiary/aromatic N) is 3. The van der Waals surface area contributed by atoms with E-state index in [-0.39, 0.29) is 5.91 Å². The Kier molecular flexibility index (Phi) is 13.1. The Hall–Kier alpha value is -3.51. The number of anilines is 4. The Morgan fingerprint density at radius 3 is 2.36 bits per heavy atom. The topological polar surface area (TPSA) is 148 Å². The lowest BCUT2D eigenvalue weighted by Crippen LogP contribution is -2.27. The molecule has 1 saturated carbocycles. The van der Waals surface area contributed by atoms with Crippen LogP contribution in [0.15, 0.2) is 48.5 Å². The van der Waals surface area contributed by atoms with Crippen LogP contribution < -0.4 is 27.0 Å². The Morgan fingerprint density at radius 2 is 1.60 bits per heavy atom. The van der Waals surface area contributed by atoms with Crippen molar-refractivity contribution in [3.63, 3.8) is 0 Å². The zero-order chi connectivity index (χ0) is 29.4. The number of ether oxygens (including phenoxy) is 2. The van der Waals surface area contributed by atoms with Crippen molar-refractivity contribution >= 4 is 41.0 Å². The molecule has 1 heterocycles. The predicted molar refractivity (Wildman–Crippen MR) is 166 cm³/mol. The Balaban J connectivity index is 1.37. The third kappa shape index (κ3) is 11.1. The van der Waals surface area contributed by atoms with Crippen molar-refractivity contribution in [2.45, 2.75) is 38.6 Å². The maximum absolute atomic E-state index is 12.7. The molecule has 1 aromatic heterocycles. The summed E-state index contributed by atoms with van der Waals surface area (Å²) < 4.78 is 10.7. The molecule has 0 spiro atoms. The van der Waals surface area contributed by atoms with Crippen LogP contribution in [0.1, 0.15) is 48.0 Å². The van der Waals surface area contributed by atoms with Crippen molar-refractivity contribution in [2.75, 3.05) is 62.0 Å². The van der Waals surface area contributed by atoms with Gasteiger partial charge in [0.2, 0.25) is 17.8 Å². The van der Waals surface area contributed by atoms with E-state index in [0.717, 1.165) is 12.1 Å². The second-order valence-corrected chi connectivity index (χ2v) is 10.6. The molecule has 0 unspecified atom stereocenters. The zero-order valence-corrected chi connectivity index (χ0v) is 24.7. The molecule has 2 aromatic carbocycles. The first-order valence-electron chi connectivity index (χ1n) is 14.6. The highest BCUT2D eigenvalue weighted by Gasteiger charge is 2.15. The van der Waals surface area contributed by atoms with E-state index >= 15 is 0 Å². The molecule has 6 N–H and O–H groups in total. The number of hydrogen-bond donors (Lipinski definition) is 5. The summed E-state index contributed by atoms with van der Waals surface area (Å²) in [6.07, 6.45) is 6.28. The summed E-state index contributed by atoms with van der Waals surface area (Å²) >= 11 is 6.03. The summed E-state index contributed by atoms with van der Waals surface area (Å²) in [4.78, 5) is 26.5. The fourth-order valence-electron chi connectivity index (χ4n) is 4.61. The molecule has 226 valence electrons. The van der Waals surface area contributed by atoms with Gasteiger partial charge in [0.05, 0.1) is 26.4 Å². The second kappa shape index (κ2) is 17.4. The number of rotatable bonds is 17. The number of benzene rings is 2. The number of hydrogen-bond acceptors (Lipinski definition) is 10. The molecule has 1 amide bonds. The number of carbonyl (C=O) groups excluding carboxylic acids is 1. The highest BCUT2D eigenvalue weighted by atomic mass is 35.5. The van der Waals surface area contributed by atoms with E-state index in [1.54, 1.807) is 12.1 Å². The van der Waals surface area contributed by atoms with Gasteiger partial charge in [-0.1, -0.05) is 49.1 Å². The van der Waals surface area contributed by atoms with Crippen molar-refractivity contribution in [1.29, 1.82) is 0 Å². The number of nitrogens with two attached hydrogens (primary N) is 1. The van der Waals surface area contributed by atoms with Crippen molar-refractivity contribution in [3.8, 4) is 0 Å². The molecule has 42 heavy (non-hydrogen) atoms. The third-order valence-corrected chi connectivity index (χ3v) is 7.07. The molecule has 3 aromatic rings. The van der Waals surface area contributed by atoms with Gasteiger partial charge in [-0.3, -0.25) is 4.79 Å². The zero-order valence-electron chi connectivity index (χ0n) is 23.9. The fourth-order valence-corrected chi connectivity index (χ4v) is 4.74. The van der Waals surface area contributed by atoms with E-state index in [2.05, 4.69) is 36.2 Å². The van der Waals surface area contributed by atoms with E-state index in [1.165, 1.54) is 32.1 Å². The maximum atomic E-state index is 12.7. The summed E-state index contributed by atoms with van der Waals surface area (Å²) in [5, 5.41) is 13.5. The Labute approximate surface area is 252 Å². The van der Waals surface area contributed by atoms with Crippen LogP contribution in [0.3, 0.4) is 0 Å². The molecule has 11 nitrogen and oxygen atoms in total. The molecule has 0 aliphatic heterocycles. The van der Waals surface area contributed by atoms with Crippen molar-refractivity contribution < 1.29 is 14.3 Å². The van der Waals surface area contributed by atoms with Crippen LogP contribution in [0.5, 0.6) is 0 Å². The summed E-state index contributed by atoms with van der Waals surface area (Å²) in [6.45, 7) is 4.05. The minimum Gasteiger partial charge on any atom is -0.378 e. The first kappa shape index (κ1) is 31.4. The molecular formula is C30H41ClN8O3. The standard InChI is InChI=1S/C30H41ClN8O3/c31-25-11-9-23(10-12-25)21-35-29-37-28(34-20-22-5-2-1-3-6-22)38-30(39-29)36-26-8-4-7-24(19-26)27(40)33-14-16-42-18-17-41-15-13-32/h4,7-12,19,22H,1-3,5-6,13-18,20-21,32H2,(H,33,40)(H3,34,35,36,37,38,39). The second-order valence-electron chi connectivity index (χ2n) is 10.1. The Morgan fingerprint density at radius 1 is 0.881 bits per heavy atom. The minimum absolute atomic E-state index is 0.197. The summed E-state index contributed by atoms with van der Waals surface area (Å²) in [5.74, 6) is 1.73. The van der Waals surface area contributed by atoms with Crippen LogP contribution in [0, 0.1) is 5.92 Å². The summed E-state index contributed by atoms with van der Waals surface area (Å²) in [6, 6.07) is 14.8.